The van der Waals surface area contributed by atoms with E-state index >= 15 is 0 Å². The SMILES string of the molecule is Cc1ccc(CNC(=O)CC(O)c2ccccc2)c(OC(C)C)c1. The molecule has 0 spiro atoms. The molecule has 2 aromatic rings. The lowest BCUT2D eigenvalue weighted by Crippen LogP contribution is -2.25. The van der Waals surface area contributed by atoms with Gasteiger partial charge in [-0.15, -0.1) is 0 Å². The summed E-state index contributed by atoms with van der Waals surface area (Å²) >= 11 is 0. The minimum absolute atomic E-state index is 0.0379. The molecule has 0 bridgehead atoms. The summed E-state index contributed by atoms with van der Waals surface area (Å²) in [5, 5.41) is 13.0. The number of ether oxygens (including phenoxy) is 1. The fourth-order valence-corrected chi connectivity index (χ4v) is 2.41. The summed E-state index contributed by atoms with van der Waals surface area (Å²) in [6, 6.07) is 15.1. The Bertz CT molecular complexity index is 668. The van der Waals surface area contributed by atoms with Crippen LogP contribution in [0.25, 0.3) is 0 Å². The van der Waals surface area contributed by atoms with Crippen LogP contribution in [-0.4, -0.2) is 17.1 Å². The number of benzene rings is 2. The lowest BCUT2D eigenvalue weighted by Gasteiger charge is -2.16. The zero-order valence-electron chi connectivity index (χ0n) is 14.5. The van der Waals surface area contributed by atoms with Crippen LogP contribution >= 0.6 is 0 Å². The lowest BCUT2D eigenvalue weighted by atomic mass is 10.1. The second kappa shape index (κ2) is 8.50. The first-order valence-corrected chi connectivity index (χ1v) is 8.21. The molecule has 0 aromatic heterocycles. The van der Waals surface area contributed by atoms with Gasteiger partial charge in [-0.3, -0.25) is 4.79 Å². The minimum atomic E-state index is -0.796. The summed E-state index contributed by atoms with van der Waals surface area (Å²) < 4.78 is 5.81. The lowest BCUT2D eigenvalue weighted by molar-refractivity contribution is -0.123. The first-order chi connectivity index (χ1) is 11.5. The van der Waals surface area contributed by atoms with Gasteiger partial charge in [0.15, 0.2) is 0 Å². The number of nitrogens with one attached hydrogen (secondary N) is 1. The standard InChI is InChI=1S/C20H25NO3/c1-14(2)24-19-11-15(3)9-10-17(19)13-21-20(23)12-18(22)16-7-5-4-6-8-16/h4-11,14,18,22H,12-13H2,1-3H3,(H,21,23). The van der Waals surface area contributed by atoms with Crippen LogP contribution < -0.4 is 10.1 Å². The van der Waals surface area contributed by atoms with E-state index in [9.17, 15) is 9.90 Å². The van der Waals surface area contributed by atoms with Crippen molar-refractivity contribution in [2.45, 2.75) is 45.9 Å². The van der Waals surface area contributed by atoms with Crippen molar-refractivity contribution >= 4 is 5.91 Å². The van der Waals surface area contributed by atoms with Crippen molar-refractivity contribution in [2.75, 3.05) is 0 Å². The number of hydrogen-bond donors (Lipinski definition) is 2. The average Bonchev–Trinajstić information content (AvgIpc) is 2.54. The Morgan fingerprint density at radius 3 is 2.54 bits per heavy atom. The molecule has 0 fully saturated rings. The number of carbonyl (C=O) groups is 1. The van der Waals surface area contributed by atoms with Gasteiger partial charge in [0.2, 0.25) is 5.91 Å². The Morgan fingerprint density at radius 1 is 1.17 bits per heavy atom. The van der Waals surface area contributed by atoms with E-state index in [0.29, 0.717) is 6.54 Å². The molecule has 0 aliphatic carbocycles. The number of hydrogen-bond acceptors (Lipinski definition) is 3. The molecule has 0 saturated carbocycles. The molecule has 4 nitrogen and oxygen atoms in total. The van der Waals surface area contributed by atoms with E-state index in [-0.39, 0.29) is 18.4 Å². The normalized spacial score (nSPS) is 12.0. The quantitative estimate of drug-likeness (QED) is 0.818. The number of aliphatic hydroxyl groups is 1. The molecular formula is C20H25NO3. The second-order valence-corrected chi connectivity index (χ2v) is 6.19. The van der Waals surface area contributed by atoms with Crippen molar-refractivity contribution in [1.82, 2.24) is 5.32 Å². The molecule has 1 amide bonds. The van der Waals surface area contributed by atoms with Gasteiger partial charge in [0.05, 0.1) is 18.6 Å². The molecule has 2 rings (SSSR count). The predicted molar refractivity (Wildman–Crippen MR) is 94.8 cm³/mol. The van der Waals surface area contributed by atoms with Crippen molar-refractivity contribution in [3.8, 4) is 5.75 Å². The van der Waals surface area contributed by atoms with E-state index in [1.54, 1.807) is 0 Å². The van der Waals surface area contributed by atoms with Crippen LogP contribution in [0.1, 0.15) is 43.1 Å². The molecule has 0 radical (unpaired) electrons. The van der Waals surface area contributed by atoms with Crippen LogP contribution in [0, 0.1) is 6.92 Å². The number of amides is 1. The zero-order chi connectivity index (χ0) is 17.5. The van der Waals surface area contributed by atoms with Crippen LogP contribution in [-0.2, 0) is 11.3 Å². The fraction of sp³-hybridized carbons (Fsp3) is 0.350. The van der Waals surface area contributed by atoms with Crippen LogP contribution in [0.5, 0.6) is 5.75 Å². The largest absolute Gasteiger partial charge is 0.491 e. The minimum Gasteiger partial charge on any atom is -0.491 e. The zero-order valence-corrected chi connectivity index (χ0v) is 14.5. The van der Waals surface area contributed by atoms with Gasteiger partial charge in [-0.1, -0.05) is 42.5 Å². The monoisotopic (exact) mass is 327 g/mol. The van der Waals surface area contributed by atoms with Gasteiger partial charge >= 0.3 is 0 Å². The first kappa shape index (κ1) is 18.0. The molecule has 128 valence electrons. The van der Waals surface area contributed by atoms with Crippen LogP contribution in [0.15, 0.2) is 48.5 Å². The van der Waals surface area contributed by atoms with Crippen molar-refractivity contribution in [1.29, 1.82) is 0 Å². The van der Waals surface area contributed by atoms with Gasteiger partial charge in [-0.2, -0.15) is 0 Å². The van der Waals surface area contributed by atoms with E-state index in [0.717, 1.165) is 22.4 Å². The molecule has 0 heterocycles. The average molecular weight is 327 g/mol. The van der Waals surface area contributed by atoms with E-state index < -0.39 is 6.10 Å². The Morgan fingerprint density at radius 2 is 1.88 bits per heavy atom. The van der Waals surface area contributed by atoms with Gasteiger partial charge in [0, 0.05) is 12.1 Å². The molecule has 0 saturated heterocycles. The van der Waals surface area contributed by atoms with E-state index in [1.807, 2.05) is 69.3 Å². The molecule has 1 atom stereocenters. The molecule has 2 N–H and O–H groups in total. The third kappa shape index (κ3) is 5.39. The maximum absolute atomic E-state index is 12.1. The van der Waals surface area contributed by atoms with Crippen molar-refractivity contribution in [2.24, 2.45) is 0 Å². The van der Waals surface area contributed by atoms with E-state index in [2.05, 4.69) is 5.32 Å². The van der Waals surface area contributed by atoms with Crippen molar-refractivity contribution in [3.63, 3.8) is 0 Å². The summed E-state index contributed by atoms with van der Waals surface area (Å²) in [5.41, 5.74) is 2.78. The Kier molecular flexibility index (Phi) is 6.38. The van der Waals surface area contributed by atoms with Gasteiger partial charge in [-0.25, -0.2) is 0 Å². The number of rotatable bonds is 7. The maximum atomic E-state index is 12.1. The van der Waals surface area contributed by atoms with Crippen molar-refractivity contribution < 1.29 is 14.6 Å². The molecule has 0 aliphatic rings. The first-order valence-electron chi connectivity index (χ1n) is 8.21. The Hall–Kier alpha value is -2.33. The van der Waals surface area contributed by atoms with Gasteiger partial charge in [0.25, 0.3) is 0 Å². The third-order valence-electron chi connectivity index (χ3n) is 3.62. The molecule has 1 unspecified atom stereocenters. The topological polar surface area (TPSA) is 58.6 Å². The van der Waals surface area contributed by atoms with E-state index in [4.69, 9.17) is 4.74 Å². The third-order valence-corrected chi connectivity index (χ3v) is 3.62. The summed E-state index contributed by atoms with van der Waals surface area (Å²) in [4.78, 5) is 12.1. The smallest absolute Gasteiger partial charge is 0.223 e. The van der Waals surface area contributed by atoms with Gasteiger partial charge in [-0.05, 0) is 38.0 Å². The highest BCUT2D eigenvalue weighted by Gasteiger charge is 2.13. The highest BCUT2D eigenvalue weighted by atomic mass is 16.5. The Balaban J connectivity index is 1.94. The van der Waals surface area contributed by atoms with Gasteiger partial charge in [0.1, 0.15) is 5.75 Å². The van der Waals surface area contributed by atoms with Crippen LogP contribution in [0.3, 0.4) is 0 Å². The fourth-order valence-electron chi connectivity index (χ4n) is 2.41. The van der Waals surface area contributed by atoms with Crippen LogP contribution in [0.2, 0.25) is 0 Å². The summed E-state index contributed by atoms with van der Waals surface area (Å²) in [6.45, 7) is 6.33. The second-order valence-electron chi connectivity index (χ2n) is 6.19. The molecule has 2 aromatic carbocycles. The predicted octanol–water partition coefficient (Wildman–Crippen LogP) is 3.52. The molecule has 0 aliphatic heterocycles. The molecule has 24 heavy (non-hydrogen) atoms. The summed E-state index contributed by atoms with van der Waals surface area (Å²) in [6.07, 6.45) is -0.687. The summed E-state index contributed by atoms with van der Waals surface area (Å²) in [7, 11) is 0. The molecule has 4 heteroatoms. The number of aliphatic hydroxyl groups excluding tert-OH is 1. The highest BCUT2D eigenvalue weighted by Crippen LogP contribution is 2.22. The molecular weight excluding hydrogens is 302 g/mol. The maximum Gasteiger partial charge on any atom is 0.223 e. The van der Waals surface area contributed by atoms with Crippen LogP contribution in [0.4, 0.5) is 0 Å². The van der Waals surface area contributed by atoms with E-state index in [1.165, 1.54) is 0 Å². The van der Waals surface area contributed by atoms with Crippen molar-refractivity contribution in [3.05, 3.63) is 65.2 Å². The summed E-state index contributed by atoms with van der Waals surface area (Å²) in [5.74, 6) is 0.594. The highest BCUT2D eigenvalue weighted by molar-refractivity contribution is 5.76. The number of aryl methyl sites for hydroxylation is 1. The van der Waals surface area contributed by atoms with Gasteiger partial charge < -0.3 is 15.2 Å². The number of carbonyl (C=O) groups excluding carboxylic acids is 1. The Labute approximate surface area is 143 Å².